The zero-order valence-corrected chi connectivity index (χ0v) is 22.7. The van der Waals surface area contributed by atoms with E-state index in [4.69, 9.17) is 0 Å². The SMILES string of the molecule is Cc1nc(-c2nc(NC3CCN(S(C)=O)CC3)ncc2C(F)(F)F)cn1-c1ccc(CCN2CCC2)cc1F. The monoisotopic (exact) mass is 565 g/mol. The molecule has 1 aromatic carbocycles. The molecule has 4 heterocycles. The molecule has 3 aromatic rings. The highest BCUT2D eigenvalue weighted by molar-refractivity contribution is 7.81. The summed E-state index contributed by atoms with van der Waals surface area (Å²) in [4.78, 5) is 14.7. The van der Waals surface area contributed by atoms with E-state index in [-0.39, 0.29) is 29.1 Å². The van der Waals surface area contributed by atoms with Gasteiger partial charge in [-0.05, 0) is 63.4 Å². The van der Waals surface area contributed by atoms with Gasteiger partial charge < -0.3 is 14.8 Å². The van der Waals surface area contributed by atoms with Gasteiger partial charge in [0.2, 0.25) is 5.95 Å². The van der Waals surface area contributed by atoms with Crippen molar-refractivity contribution < 1.29 is 21.8 Å². The van der Waals surface area contributed by atoms with Gasteiger partial charge in [-0.25, -0.2) is 27.9 Å². The summed E-state index contributed by atoms with van der Waals surface area (Å²) in [6.45, 7) is 5.81. The van der Waals surface area contributed by atoms with Crippen molar-refractivity contribution in [3.05, 3.63) is 53.4 Å². The molecule has 13 heteroatoms. The smallest absolute Gasteiger partial charge is 0.351 e. The minimum Gasteiger partial charge on any atom is -0.351 e. The third-order valence-electron chi connectivity index (χ3n) is 7.31. The van der Waals surface area contributed by atoms with Crippen LogP contribution >= 0.6 is 0 Å². The number of halogens is 4. The number of aryl methyl sites for hydroxylation is 1. The summed E-state index contributed by atoms with van der Waals surface area (Å²) in [6.07, 6.45) is 2.27. The quantitative estimate of drug-likeness (QED) is 0.413. The zero-order valence-electron chi connectivity index (χ0n) is 21.8. The Morgan fingerprint density at radius 3 is 2.49 bits per heavy atom. The number of hydrogen-bond donors (Lipinski definition) is 1. The molecule has 0 aliphatic carbocycles. The van der Waals surface area contributed by atoms with Crippen LogP contribution in [0.25, 0.3) is 17.1 Å². The number of benzene rings is 1. The van der Waals surface area contributed by atoms with Crippen LogP contribution in [0, 0.1) is 12.7 Å². The van der Waals surface area contributed by atoms with Crippen molar-refractivity contribution in [3.8, 4) is 17.1 Å². The van der Waals surface area contributed by atoms with E-state index in [1.54, 1.807) is 19.2 Å². The van der Waals surface area contributed by atoms with E-state index in [0.717, 1.165) is 37.8 Å². The van der Waals surface area contributed by atoms with Gasteiger partial charge in [0.1, 0.15) is 28.6 Å². The molecular formula is C26H31F4N7OS. The van der Waals surface area contributed by atoms with Gasteiger partial charge in [0.05, 0.1) is 16.7 Å². The first-order valence-corrected chi connectivity index (χ1v) is 14.5. The van der Waals surface area contributed by atoms with Gasteiger partial charge in [-0.3, -0.25) is 0 Å². The van der Waals surface area contributed by atoms with Gasteiger partial charge in [-0.15, -0.1) is 0 Å². The molecule has 2 saturated heterocycles. The Bertz CT molecular complexity index is 1350. The molecule has 2 fully saturated rings. The van der Waals surface area contributed by atoms with Gasteiger partial charge in [-0.1, -0.05) is 6.07 Å². The molecule has 1 unspecified atom stereocenters. The summed E-state index contributed by atoms with van der Waals surface area (Å²) < 4.78 is 71.8. The molecular weight excluding hydrogens is 534 g/mol. The Labute approximate surface area is 227 Å². The van der Waals surface area contributed by atoms with E-state index in [0.29, 0.717) is 31.8 Å². The molecule has 0 amide bonds. The molecule has 0 radical (unpaired) electrons. The summed E-state index contributed by atoms with van der Waals surface area (Å²) in [6, 6.07) is 4.88. The summed E-state index contributed by atoms with van der Waals surface area (Å²) in [5, 5.41) is 3.11. The Morgan fingerprint density at radius 1 is 1.13 bits per heavy atom. The summed E-state index contributed by atoms with van der Waals surface area (Å²) in [7, 11) is -1.07. The lowest BCUT2D eigenvalue weighted by Crippen LogP contribution is -2.39. The second-order valence-electron chi connectivity index (χ2n) is 10.00. The van der Waals surface area contributed by atoms with Crippen molar-refractivity contribution >= 4 is 16.9 Å². The molecule has 8 nitrogen and oxygen atoms in total. The second-order valence-corrected chi connectivity index (χ2v) is 11.4. The average Bonchev–Trinajstić information content (AvgIpc) is 3.24. The lowest BCUT2D eigenvalue weighted by molar-refractivity contribution is -0.137. The number of aromatic nitrogens is 4. The topological polar surface area (TPSA) is 79.2 Å². The molecule has 1 N–H and O–H groups in total. The van der Waals surface area contributed by atoms with Crippen LogP contribution in [0.5, 0.6) is 0 Å². The van der Waals surface area contributed by atoms with E-state index >= 15 is 4.39 Å². The van der Waals surface area contributed by atoms with Crippen LogP contribution in [0.15, 0.2) is 30.6 Å². The van der Waals surface area contributed by atoms with Crippen molar-refractivity contribution in [1.29, 1.82) is 0 Å². The molecule has 0 saturated carbocycles. The van der Waals surface area contributed by atoms with E-state index in [1.165, 1.54) is 23.3 Å². The van der Waals surface area contributed by atoms with Crippen molar-refractivity contribution in [3.63, 3.8) is 0 Å². The first-order chi connectivity index (χ1) is 18.6. The number of nitrogens with one attached hydrogen (secondary N) is 1. The van der Waals surface area contributed by atoms with Crippen LogP contribution in [-0.4, -0.2) is 78.0 Å². The maximum Gasteiger partial charge on any atom is 0.420 e. The number of anilines is 1. The molecule has 210 valence electrons. The first kappa shape index (κ1) is 27.7. The van der Waals surface area contributed by atoms with Gasteiger partial charge in [-0.2, -0.15) is 13.2 Å². The fourth-order valence-electron chi connectivity index (χ4n) is 4.92. The molecule has 2 aliphatic heterocycles. The number of imidazole rings is 1. The number of piperidine rings is 1. The minimum atomic E-state index is -4.70. The highest BCUT2D eigenvalue weighted by atomic mass is 32.2. The molecule has 2 aromatic heterocycles. The van der Waals surface area contributed by atoms with Gasteiger partial charge >= 0.3 is 6.18 Å². The Hall–Kier alpha value is -2.90. The number of alkyl halides is 3. The number of rotatable bonds is 8. The molecule has 2 aliphatic rings. The zero-order chi connectivity index (χ0) is 27.7. The van der Waals surface area contributed by atoms with Crippen molar-refractivity contribution in [2.45, 2.75) is 44.8 Å². The number of hydrogen-bond acceptors (Lipinski definition) is 6. The first-order valence-electron chi connectivity index (χ1n) is 13.0. The highest BCUT2D eigenvalue weighted by Crippen LogP contribution is 2.36. The molecule has 39 heavy (non-hydrogen) atoms. The minimum absolute atomic E-state index is 0.0252. The van der Waals surface area contributed by atoms with Gasteiger partial charge in [0.25, 0.3) is 0 Å². The van der Waals surface area contributed by atoms with Crippen LogP contribution in [0.1, 0.15) is 36.2 Å². The third-order valence-corrected chi connectivity index (χ3v) is 8.40. The molecule has 0 bridgehead atoms. The van der Waals surface area contributed by atoms with Crippen molar-refractivity contribution in [2.24, 2.45) is 0 Å². The summed E-state index contributed by atoms with van der Waals surface area (Å²) in [5.41, 5.74) is -0.345. The van der Waals surface area contributed by atoms with Crippen LogP contribution in [0.3, 0.4) is 0 Å². The standard InChI is InChI=1S/C26H31F4N7OS/c1-17-32-22(16-37(17)23-5-4-18(14-21(23)27)6-11-35-9-3-10-35)24-20(26(28,29)30)15-31-25(34-24)33-19-7-12-36(13-8-19)39(2)38/h4-5,14-16,19H,3,6-13H2,1-2H3,(H,31,33,34). The maximum absolute atomic E-state index is 15.1. The predicted octanol–water partition coefficient (Wildman–Crippen LogP) is 4.21. The van der Waals surface area contributed by atoms with Crippen LogP contribution in [0.4, 0.5) is 23.5 Å². The Morgan fingerprint density at radius 2 is 1.87 bits per heavy atom. The normalized spacial score (nSPS) is 18.2. The maximum atomic E-state index is 15.1. The van der Waals surface area contributed by atoms with Crippen molar-refractivity contribution in [2.75, 3.05) is 44.3 Å². The number of nitrogens with zero attached hydrogens (tertiary/aromatic N) is 6. The van der Waals surface area contributed by atoms with E-state index in [2.05, 4.69) is 25.2 Å². The molecule has 0 spiro atoms. The van der Waals surface area contributed by atoms with Crippen molar-refractivity contribution in [1.82, 2.24) is 28.7 Å². The highest BCUT2D eigenvalue weighted by Gasteiger charge is 2.36. The second kappa shape index (κ2) is 11.3. The lowest BCUT2D eigenvalue weighted by Gasteiger charge is -2.30. The van der Waals surface area contributed by atoms with Gasteiger partial charge in [0.15, 0.2) is 0 Å². The third kappa shape index (κ3) is 6.30. The Balaban J connectivity index is 1.39. The average molecular weight is 566 g/mol. The molecule has 1 atom stereocenters. The summed E-state index contributed by atoms with van der Waals surface area (Å²) >= 11 is 0. The fraction of sp³-hybridized carbons (Fsp3) is 0.500. The largest absolute Gasteiger partial charge is 0.420 e. The van der Waals surface area contributed by atoms with E-state index < -0.39 is 28.5 Å². The van der Waals surface area contributed by atoms with Crippen LogP contribution in [-0.2, 0) is 23.6 Å². The fourth-order valence-corrected chi connectivity index (χ4v) is 5.64. The van der Waals surface area contributed by atoms with Crippen LogP contribution in [0.2, 0.25) is 0 Å². The summed E-state index contributed by atoms with van der Waals surface area (Å²) in [5.74, 6) is -0.0824. The van der Waals surface area contributed by atoms with Crippen LogP contribution < -0.4 is 5.32 Å². The Kier molecular flexibility index (Phi) is 8.01. The predicted molar refractivity (Wildman–Crippen MR) is 141 cm³/mol. The lowest BCUT2D eigenvalue weighted by atomic mass is 10.1. The molecule has 5 rings (SSSR count). The number of likely N-dealkylation sites (tertiary alicyclic amines) is 1. The van der Waals surface area contributed by atoms with E-state index in [9.17, 15) is 17.4 Å². The van der Waals surface area contributed by atoms with Gasteiger partial charge in [0, 0.05) is 44.3 Å². The van der Waals surface area contributed by atoms with E-state index in [1.807, 2.05) is 10.4 Å².